The van der Waals surface area contributed by atoms with Crippen LogP contribution in [0.5, 0.6) is 0 Å². The van der Waals surface area contributed by atoms with E-state index in [9.17, 15) is 19.2 Å². The number of ketones is 1. The monoisotopic (exact) mass is 1190 g/mol. The van der Waals surface area contributed by atoms with Gasteiger partial charge in [-0.15, -0.1) is 22.7 Å². The van der Waals surface area contributed by atoms with Gasteiger partial charge in [0.05, 0.1) is 48.4 Å². The fraction of sp³-hybridized carbons (Fsp3) is 0.576. The lowest BCUT2D eigenvalue weighted by molar-refractivity contribution is -0.148. The first-order valence-corrected chi connectivity index (χ1v) is 31.5. The number of hydrogen-bond donors (Lipinski definition) is 5. The van der Waals surface area contributed by atoms with Crippen LogP contribution in [0, 0.1) is 11.8 Å². The molecule has 4 aliphatic heterocycles. The van der Waals surface area contributed by atoms with Crippen LogP contribution in [0.1, 0.15) is 204 Å². The van der Waals surface area contributed by atoms with Crippen LogP contribution in [-0.2, 0) is 38.4 Å². The number of likely N-dealkylation sites (tertiary alicyclic amines) is 3. The number of nitrogen functional groups attached to an aromatic ring is 2. The number of anilines is 3. The SMILES string of the molecule is C.CCc1cc(CC(=O)C(=O)O)cnc1N.CCc1cc(NC(=O)C(=O)N2C[C@@H](C)CC[C@@H]2c2ccc3sc(C4CC(C)(C)N(C)C(C)(C)C4)nc3c2)cnc1N.C[C@H]1CC[C@H](c2ccc3sc(C4CC(C)(C)N(C)C(C)(C)C4)nc3c2)NC1. The van der Waals surface area contributed by atoms with Gasteiger partial charge in [-0.3, -0.25) is 24.2 Å². The van der Waals surface area contributed by atoms with Crippen molar-refractivity contribution in [3.63, 3.8) is 0 Å². The lowest BCUT2D eigenvalue weighted by Gasteiger charge is -2.53. The van der Waals surface area contributed by atoms with Gasteiger partial charge in [0.15, 0.2) is 0 Å². The highest BCUT2D eigenvalue weighted by Gasteiger charge is 2.46. The highest BCUT2D eigenvalue weighted by atomic mass is 32.1. The second kappa shape index (κ2) is 26.4. The van der Waals surface area contributed by atoms with Gasteiger partial charge in [-0.05, 0) is 210 Å². The van der Waals surface area contributed by atoms with Gasteiger partial charge >= 0.3 is 17.8 Å². The van der Waals surface area contributed by atoms with Gasteiger partial charge in [-0.25, -0.2) is 24.7 Å². The molecule has 2 aromatic carbocycles. The minimum atomic E-state index is -1.43. The predicted octanol–water partition coefficient (Wildman–Crippen LogP) is 12.9. The van der Waals surface area contributed by atoms with Gasteiger partial charge in [0.25, 0.3) is 0 Å². The number of carbonyl (C=O) groups excluding carboxylic acids is 3. The summed E-state index contributed by atoms with van der Waals surface area (Å²) >= 11 is 3.70. The highest BCUT2D eigenvalue weighted by Crippen LogP contribution is 2.48. The topological polar surface area (TPSA) is 226 Å². The lowest BCUT2D eigenvalue weighted by Crippen LogP contribution is -2.58. The Balaban J connectivity index is 0.000000201. The van der Waals surface area contributed by atoms with Gasteiger partial charge in [-0.2, -0.15) is 0 Å². The zero-order chi connectivity index (χ0) is 60.5. The van der Waals surface area contributed by atoms with Gasteiger partial charge in [0, 0.05) is 59.2 Å². The number of nitrogens with two attached hydrogens (primary N) is 2. The summed E-state index contributed by atoms with van der Waals surface area (Å²) in [6.45, 7) is 28.8. The third-order valence-electron chi connectivity index (χ3n) is 18.6. The number of pyridine rings is 2. The van der Waals surface area contributed by atoms with Crippen LogP contribution in [0.3, 0.4) is 0 Å². The number of nitrogens with zero attached hydrogens (tertiary/aromatic N) is 7. The third kappa shape index (κ3) is 15.0. The maximum absolute atomic E-state index is 13.5. The average Bonchev–Trinajstić information content (AvgIpc) is 1.79. The Morgan fingerprint density at radius 2 is 1.17 bits per heavy atom. The molecular formula is C66H95N11O5S2. The Kier molecular flexibility index (Phi) is 20.6. The van der Waals surface area contributed by atoms with E-state index < -0.39 is 23.6 Å². The van der Waals surface area contributed by atoms with E-state index in [0.29, 0.717) is 66.1 Å². The molecule has 0 spiro atoms. The van der Waals surface area contributed by atoms with E-state index in [-0.39, 0.29) is 42.0 Å². The molecule has 0 bridgehead atoms. The van der Waals surface area contributed by atoms with E-state index >= 15 is 0 Å². The van der Waals surface area contributed by atoms with Gasteiger partial charge in [0.1, 0.15) is 11.6 Å². The summed E-state index contributed by atoms with van der Waals surface area (Å²) in [6.07, 6.45) is 13.0. The quantitative estimate of drug-likeness (QED) is 0.0805. The zero-order valence-corrected chi connectivity index (χ0v) is 53.2. The highest BCUT2D eigenvalue weighted by molar-refractivity contribution is 7.19. The molecule has 0 radical (unpaired) electrons. The van der Waals surface area contributed by atoms with Crippen molar-refractivity contribution in [1.29, 1.82) is 0 Å². The standard InChI is InChI=1S/C32H44N6O2S.C23H35N3S.C10H12N2O3.CH4/c1-8-20-13-23(17-34-27(20)33)35-28(39)30(40)38-18-19(2)9-11-25(38)21-10-12-26-24(14-21)36-29(41-26)22-15-31(3,4)37(7)32(5,6)16-22;1-15-7-9-18(24-14-15)16-8-10-20-19(11-16)25-21(27-20)17-12-22(2,3)26(6)23(4,5)13-17;1-2-7-3-6(5-12-9(7)11)4-8(13)10(14)15;/h10,12-14,17,19,22,25H,8-9,11,15-16,18H2,1-7H3,(H2,33,34)(H,35,39);8,10-11,15,17-18,24H,7,9,12-14H2,1-6H3;3,5H,2,4H2,1H3,(H2,11,12)(H,14,15);1H4/t19-,25+;15-,18+;;/m00../s1. The number of nitrogens with one attached hydrogen (secondary N) is 2. The first-order valence-electron chi connectivity index (χ1n) is 29.9. The van der Waals surface area contributed by atoms with Crippen molar-refractivity contribution in [2.24, 2.45) is 11.8 Å². The van der Waals surface area contributed by atoms with E-state index in [0.717, 1.165) is 60.4 Å². The van der Waals surface area contributed by atoms with Crippen LogP contribution in [0.25, 0.3) is 20.4 Å². The summed E-state index contributed by atoms with van der Waals surface area (Å²) in [4.78, 5) is 73.1. The Bertz CT molecular complexity index is 3290. The molecule has 4 fully saturated rings. The van der Waals surface area contributed by atoms with E-state index in [1.165, 1.54) is 68.6 Å². The number of carbonyl (C=O) groups is 4. The number of piperidine rings is 4. The molecule has 84 heavy (non-hydrogen) atoms. The molecule has 6 aromatic rings. The number of benzene rings is 2. The minimum absolute atomic E-state index is 0. The number of aliphatic carboxylic acids is 1. The Morgan fingerprint density at radius 3 is 1.67 bits per heavy atom. The van der Waals surface area contributed by atoms with Crippen molar-refractivity contribution in [2.75, 3.05) is 44.0 Å². The van der Waals surface area contributed by atoms with Gasteiger partial charge < -0.3 is 32.1 Å². The summed E-state index contributed by atoms with van der Waals surface area (Å²) in [6, 6.07) is 17.2. The average molecular weight is 1190 g/mol. The number of carboxylic acids is 1. The third-order valence-corrected chi connectivity index (χ3v) is 21.0. The number of Topliss-reactive ketones (excluding diaryl/α,β-unsaturated/α-hetero) is 1. The second-order valence-corrected chi connectivity index (χ2v) is 28.8. The molecule has 4 saturated heterocycles. The van der Waals surface area contributed by atoms with E-state index in [1.807, 2.05) is 25.2 Å². The van der Waals surface area contributed by atoms with Crippen LogP contribution < -0.4 is 22.1 Å². The molecule has 4 aliphatic rings. The second-order valence-electron chi connectivity index (χ2n) is 26.7. The zero-order valence-electron chi connectivity index (χ0n) is 51.6. The fourth-order valence-corrected chi connectivity index (χ4v) is 15.3. The van der Waals surface area contributed by atoms with Crippen molar-refractivity contribution in [3.8, 4) is 0 Å². The first-order chi connectivity index (χ1) is 39.0. The Morgan fingerprint density at radius 1 is 0.679 bits per heavy atom. The number of fused-ring (bicyclic) bond motifs is 2. The van der Waals surface area contributed by atoms with Crippen molar-refractivity contribution in [1.82, 2.24) is 40.0 Å². The predicted molar refractivity (Wildman–Crippen MR) is 345 cm³/mol. The molecule has 7 N–H and O–H groups in total. The van der Waals surface area contributed by atoms with Crippen LogP contribution in [-0.4, -0.2) is 113 Å². The lowest BCUT2D eigenvalue weighted by atomic mass is 9.74. The van der Waals surface area contributed by atoms with E-state index in [2.05, 4.69) is 150 Å². The number of aromatic nitrogens is 4. The number of aryl methyl sites for hydroxylation is 2. The van der Waals surface area contributed by atoms with Crippen molar-refractivity contribution in [3.05, 3.63) is 98.8 Å². The van der Waals surface area contributed by atoms with Crippen LogP contribution in [0.15, 0.2) is 60.9 Å². The molecule has 10 rings (SSSR count). The summed E-state index contributed by atoms with van der Waals surface area (Å²) in [5, 5.41) is 17.4. The van der Waals surface area contributed by atoms with Crippen LogP contribution >= 0.6 is 22.7 Å². The van der Waals surface area contributed by atoms with Crippen LogP contribution in [0.4, 0.5) is 17.3 Å². The number of rotatable bonds is 10. The van der Waals surface area contributed by atoms with Gasteiger partial charge in [0.2, 0.25) is 5.78 Å². The normalized spacial score (nSPS) is 22.4. The van der Waals surface area contributed by atoms with E-state index in [4.69, 9.17) is 26.5 Å². The summed E-state index contributed by atoms with van der Waals surface area (Å²) in [7, 11) is 4.51. The maximum atomic E-state index is 13.5. The number of carboxylic acid groups (broad SMARTS) is 1. The first kappa shape index (κ1) is 65.6. The molecule has 0 aliphatic carbocycles. The number of hydrogen-bond acceptors (Lipinski definition) is 15. The number of thiazole rings is 2. The van der Waals surface area contributed by atoms with Crippen molar-refractivity contribution < 1.29 is 24.3 Å². The Hall–Kier alpha value is -5.92. The van der Waals surface area contributed by atoms with Crippen molar-refractivity contribution in [2.45, 2.75) is 207 Å². The molecule has 0 saturated carbocycles. The molecule has 18 heteroatoms. The van der Waals surface area contributed by atoms with E-state index in [1.54, 1.807) is 28.4 Å². The molecule has 456 valence electrons. The summed E-state index contributed by atoms with van der Waals surface area (Å²) in [5.74, 6) is -0.506. The smallest absolute Gasteiger partial charge is 0.372 e. The maximum Gasteiger partial charge on any atom is 0.372 e. The summed E-state index contributed by atoms with van der Waals surface area (Å²) in [5.41, 5.74) is 19.4. The van der Waals surface area contributed by atoms with Crippen LogP contribution in [0.2, 0.25) is 0 Å². The fourth-order valence-electron chi connectivity index (χ4n) is 13.2. The molecule has 2 amide bonds. The van der Waals surface area contributed by atoms with Gasteiger partial charge in [-0.1, -0.05) is 53.3 Å². The minimum Gasteiger partial charge on any atom is -0.475 e. The Labute approximate surface area is 507 Å². The molecule has 4 atom stereocenters. The molecule has 0 unspecified atom stereocenters. The molecule has 8 heterocycles. The number of amides is 2. The molecule has 4 aromatic heterocycles. The van der Waals surface area contributed by atoms with Crippen molar-refractivity contribution >= 4 is 84.0 Å². The summed E-state index contributed by atoms with van der Waals surface area (Å²) < 4.78 is 2.51. The molecular weight excluding hydrogens is 1090 g/mol. The largest absolute Gasteiger partial charge is 0.475 e. The molecule has 16 nitrogen and oxygen atoms in total.